The van der Waals surface area contributed by atoms with Crippen LogP contribution in [0.2, 0.25) is 0 Å². The number of nitro benzene ring substituents is 1. The van der Waals surface area contributed by atoms with E-state index in [-0.39, 0.29) is 5.69 Å². The number of nitrogens with zero attached hydrogens (tertiary/aromatic N) is 4. The van der Waals surface area contributed by atoms with Crippen LogP contribution in [-0.2, 0) is 6.54 Å². The number of benzene rings is 1. The number of likely N-dealkylation sites (tertiary alicyclic amines) is 1. The fourth-order valence-electron chi connectivity index (χ4n) is 3.47. The van der Waals surface area contributed by atoms with Gasteiger partial charge in [0.05, 0.1) is 11.5 Å². The molecule has 1 atom stereocenters. The number of nitro groups is 1. The molecule has 0 amide bonds. The molecule has 0 N–H and O–H groups in total. The molecule has 1 aromatic carbocycles. The number of aromatic nitrogens is 2. The second-order valence-electron chi connectivity index (χ2n) is 6.68. The van der Waals surface area contributed by atoms with Gasteiger partial charge < -0.3 is 4.52 Å². The second-order valence-corrected chi connectivity index (χ2v) is 6.68. The zero-order valence-corrected chi connectivity index (χ0v) is 14.6. The number of non-ortho nitro benzene ring substituents is 1. The maximum absolute atomic E-state index is 10.9. The zero-order chi connectivity index (χ0) is 17.6. The minimum atomic E-state index is -0.422. The fourth-order valence-corrected chi connectivity index (χ4v) is 3.47. The smallest absolute Gasteiger partial charge is 0.270 e. The number of rotatable bonds is 6. The normalized spacial score (nSPS) is 18.8. The summed E-state index contributed by atoms with van der Waals surface area (Å²) in [5, 5.41) is 14.9. The molecule has 0 bridgehead atoms. The Balaban J connectivity index is 1.64. The lowest BCUT2D eigenvalue weighted by atomic mass is 9.96. The van der Waals surface area contributed by atoms with Gasteiger partial charge in [-0.1, -0.05) is 37.1 Å². The molecule has 1 fully saturated rings. The van der Waals surface area contributed by atoms with Gasteiger partial charge in [0.2, 0.25) is 11.7 Å². The van der Waals surface area contributed by atoms with Gasteiger partial charge in [0.25, 0.3) is 5.69 Å². The topological polar surface area (TPSA) is 85.3 Å². The Hall–Kier alpha value is -2.28. The van der Waals surface area contributed by atoms with Crippen molar-refractivity contribution < 1.29 is 9.45 Å². The minimum Gasteiger partial charge on any atom is -0.338 e. The Kier molecular flexibility index (Phi) is 5.75. The first-order valence-electron chi connectivity index (χ1n) is 8.95. The van der Waals surface area contributed by atoms with E-state index < -0.39 is 4.92 Å². The molecule has 2 heterocycles. The third-order valence-electron chi connectivity index (χ3n) is 4.78. The average molecular weight is 344 g/mol. The highest BCUT2D eigenvalue weighted by atomic mass is 16.6. The van der Waals surface area contributed by atoms with Crippen molar-refractivity contribution in [2.75, 3.05) is 13.1 Å². The van der Waals surface area contributed by atoms with Gasteiger partial charge in [-0.3, -0.25) is 15.0 Å². The van der Waals surface area contributed by atoms with Crippen LogP contribution in [0, 0.1) is 16.0 Å². The molecule has 25 heavy (non-hydrogen) atoms. The molecule has 0 spiro atoms. The molecule has 2 aromatic rings. The van der Waals surface area contributed by atoms with Crippen molar-refractivity contribution in [2.24, 2.45) is 5.92 Å². The summed E-state index contributed by atoms with van der Waals surface area (Å²) in [5.41, 5.74) is 0.626. The molecule has 7 nitrogen and oxygen atoms in total. The van der Waals surface area contributed by atoms with E-state index in [1.807, 2.05) is 0 Å². The van der Waals surface area contributed by atoms with Crippen LogP contribution in [-0.4, -0.2) is 33.1 Å². The summed E-state index contributed by atoms with van der Waals surface area (Å²) in [6, 6.07) is 6.31. The highest BCUT2D eigenvalue weighted by Crippen LogP contribution is 2.24. The SMILES string of the molecule is CCC[C@H]1CCCN(Cc2nc(-c3cccc([N+](=O)[O-])c3)no2)CC1. The van der Waals surface area contributed by atoms with Crippen molar-refractivity contribution >= 4 is 5.69 Å². The highest BCUT2D eigenvalue weighted by molar-refractivity contribution is 5.58. The largest absolute Gasteiger partial charge is 0.338 e. The van der Waals surface area contributed by atoms with E-state index in [9.17, 15) is 10.1 Å². The third kappa shape index (κ3) is 4.63. The quantitative estimate of drug-likeness (QED) is 0.580. The van der Waals surface area contributed by atoms with Crippen molar-refractivity contribution in [2.45, 2.75) is 45.6 Å². The lowest BCUT2D eigenvalue weighted by molar-refractivity contribution is -0.384. The molecule has 7 heteroatoms. The summed E-state index contributed by atoms with van der Waals surface area (Å²) in [6.45, 7) is 4.99. The molecule has 1 aromatic heterocycles. The monoisotopic (exact) mass is 344 g/mol. The molecule has 0 radical (unpaired) electrons. The maximum Gasteiger partial charge on any atom is 0.270 e. The molecular weight excluding hydrogens is 320 g/mol. The van der Waals surface area contributed by atoms with Crippen LogP contribution in [0.25, 0.3) is 11.4 Å². The van der Waals surface area contributed by atoms with Crippen molar-refractivity contribution in [1.29, 1.82) is 0 Å². The summed E-state index contributed by atoms with van der Waals surface area (Å²) < 4.78 is 5.36. The minimum absolute atomic E-state index is 0.0262. The van der Waals surface area contributed by atoms with Crippen LogP contribution in [0.3, 0.4) is 0 Å². The van der Waals surface area contributed by atoms with Gasteiger partial charge in [0.15, 0.2) is 0 Å². The van der Waals surface area contributed by atoms with Crippen LogP contribution in [0.15, 0.2) is 28.8 Å². The Labute approximate surface area is 147 Å². The zero-order valence-electron chi connectivity index (χ0n) is 14.6. The highest BCUT2D eigenvalue weighted by Gasteiger charge is 2.19. The van der Waals surface area contributed by atoms with Crippen molar-refractivity contribution in [1.82, 2.24) is 15.0 Å². The van der Waals surface area contributed by atoms with Crippen LogP contribution in [0.5, 0.6) is 0 Å². The predicted octanol–water partition coefficient (Wildman–Crippen LogP) is 4.05. The Morgan fingerprint density at radius 1 is 1.36 bits per heavy atom. The van der Waals surface area contributed by atoms with Crippen molar-refractivity contribution in [3.8, 4) is 11.4 Å². The van der Waals surface area contributed by atoms with Gasteiger partial charge in [-0.05, 0) is 38.3 Å². The van der Waals surface area contributed by atoms with Crippen LogP contribution in [0.4, 0.5) is 5.69 Å². The van der Waals surface area contributed by atoms with Gasteiger partial charge in [0, 0.05) is 17.7 Å². The first kappa shape index (κ1) is 17.5. The average Bonchev–Trinajstić information content (AvgIpc) is 2.97. The Morgan fingerprint density at radius 3 is 3.04 bits per heavy atom. The first-order chi connectivity index (χ1) is 12.2. The van der Waals surface area contributed by atoms with Gasteiger partial charge in [0.1, 0.15) is 0 Å². The molecule has 134 valence electrons. The van der Waals surface area contributed by atoms with E-state index in [1.54, 1.807) is 12.1 Å². The van der Waals surface area contributed by atoms with Gasteiger partial charge in [-0.15, -0.1) is 0 Å². The standard InChI is InChI=1S/C18H24N4O3/c1-2-5-14-6-4-10-21(11-9-14)13-17-19-18(20-25-17)15-7-3-8-16(12-15)22(23)24/h3,7-8,12,14H,2,4-6,9-11,13H2,1H3/t14-/m0/s1. The van der Waals surface area contributed by atoms with Crippen LogP contribution >= 0.6 is 0 Å². The summed E-state index contributed by atoms with van der Waals surface area (Å²) in [6.07, 6.45) is 6.29. The molecular formula is C18H24N4O3. The summed E-state index contributed by atoms with van der Waals surface area (Å²) in [5.74, 6) is 1.80. The molecule has 1 aliphatic rings. The third-order valence-corrected chi connectivity index (χ3v) is 4.78. The van der Waals surface area contributed by atoms with E-state index in [4.69, 9.17) is 4.52 Å². The van der Waals surface area contributed by atoms with E-state index >= 15 is 0 Å². The number of hydrogen-bond donors (Lipinski definition) is 0. The van der Waals surface area contributed by atoms with Crippen molar-refractivity contribution in [3.05, 3.63) is 40.3 Å². The lowest BCUT2D eigenvalue weighted by Crippen LogP contribution is -2.24. The van der Waals surface area contributed by atoms with Gasteiger partial charge >= 0.3 is 0 Å². The summed E-state index contributed by atoms with van der Waals surface area (Å²) >= 11 is 0. The molecule has 1 aliphatic heterocycles. The Bertz CT molecular complexity index is 716. The molecule has 0 aliphatic carbocycles. The fraction of sp³-hybridized carbons (Fsp3) is 0.556. The molecule has 0 saturated carbocycles. The Morgan fingerprint density at radius 2 is 2.24 bits per heavy atom. The number of hydrogen-bond acceptors (Lipinski definition) is 6. The molecule has 1 saturated heterocycles. The van der Waals surface area contributed by atoms with E-state index in [2.05, 4.69) is 22.0 Å². The summed E-state index contributed by atoms with van der Waals surface area (Å²) in [7, 11) is 0. The van der Waals surface area contributed by atoms with Crippen molar-refractivity contribution in [3.63, 3.8) is 0 Å². The van der Waals surface area contributed by atoms with E-state index in [1.165, 1.54) is 44.2 Å². The first-order valence-corrected chi connectivity index (χ1v) is 8.95. The van der Waals surface area contributed by atoms with Gasteiger partial charge in [-0.25, -0.2) is 0 Å². The summed E-state index contributed by atoms with van der Waals surface area (Å²) in [4.78, 5) is 17.3. The second kappa shape index (κ2) is 8.20. The van der Waals surface area contributed by atoms with E-state index in [0.717, 1.165) is 19.0 Å². The predicted molar refractivity (Wildman–Crippen MR) is 93.9 cm³/mol. The van der Waals surface area contributed by atoms with Crippen LogP contribution < -0.4 is 0 Å². The van der Waals surface area contributed by atoms with Gasteiger partial charge in [-0.2, -0.15) is 4.98 Å². The maximum atomic E-state index is 10.9. The molecule has 3 rings (SSSR count). The lowest BCUT2D eigenvalue weighted by Gasteiger charge is -2.17. The van der Waals surface area contributed by atoms with E-state index in [0.29, 0.717) is 23.8 Å². The van der Waals surface area contributed by atoms with Crippen LogP contribution in [0.1, 0.15) is 44.9 Å². The molecule has 0 unspecified atom stereocenters.